The van der Waals surface area contributed by atoms with Crippen LogP contribution in [0, 0.1) is 5.82 Å². The Balaban J connectivity index is 0.00000289. The van der Waals surface area contributed by atoms with Crippen molar-refractivity contribution in [3.63, 3.8) is 0 Å². The van der Waals surface area contributed by atoms with E-state index in [9.17, 15) is 22.4 Å². The van der Waals surface area contributed by atoms with Gasteiger partial charge in [0.15, 0.2) is 0 Å². The fraction of sp³-hybridized carbons (Fsp3) is 0.208. The number of likely N-dealkylation sites (tertiary alicyclic amines) is 1. The molecule has 2 aromatic carbocycles. The van der Waals surface area contributed by atoms with E-state index in [0.29, 0.717) is 29.9 Å². The van der Waals surface area contributed by atoms with Crippen LogP contribution < -0.4 is 5.73 Å². The molecule has 0 unspecified atom stereocenters. The highest BCUT2D eigenvalue weighted by Crippen LogP contribution is 2.36. The Labute approximate surface area is 203 Å². The Bertz CT molecular complexity index is 1400. The molecule has 4 aromatic rings. The molecule has 0 aliphatic carbocycles. The molecule has 0 spiro atoms. The molecule has 35 heavy (non-hydrogen) atoms. The van der Waals surface area contributed by atoms with Gasteiger partial charge in [-0.15, -0.1) is 12.4 Å². The quantitative estimate of drug-likeness (QED) is 0.401. The number of amides is 1. The summed E-state index contributed by atoms with van der Waals surface area (Å²) in [4.78, 5) is 18.2. The smallest absolute Gasteiger partial charge is 0.384 e. The third kappa shape index (κ3) is 4.53. The molecule has 0 radical (unpaired) electrons. The van der Waals surface area contributed by atoms with Gasteiger partial charge in [0.1, 0.15) is 11.6 Å². The summed E-state index contributed by atoms with van der Waals surface area (Å²) < 4.78 is 56.6. The van der Waals surface area contributed by atoms with Gasteiger partial charge in [-0.3, -0.25) is 9.48 Å². The first-order valence-corrected chi connectivity index (χ1v) is 10.5. The summed E-state index contributed by atoms with van der Waals surface area (Å²) in [6.45, 7) is 0.447. The minimum absolute atomic E-state index is 0. The maximum Gasteiger partial charge on any atom is 0.416 e. The highest BCUT2D eigenvalue weighted by molar-refractivity contribution is 5.95. The van der Waals surface area contributed by atoms with Crippen molar-refractivity contribution >= 4 is 35.0 Å². The Kier molecular flexibility index (Phi) is 6.42. The van der Waals surface area contributed by atoms with Crippen LogP contribution in [0.4, 0.5) is 23.4 Å². The Morgan fingerprint density at radius 1 is 1.09 bits per heavy atom. The van der Waals surface area contributed by atoms with Crippen molar-refractivity contribution in [1.82, 2.24) is 19.7 Å². The van der Waals surface area contributed by atoms with Crippen LogP contribution >= 0.6 is 12.4 Å². The first kappa shape index (κ1) is 24.5. The summed E-state index contributed by atoms with van der Waals surface area (Å²) in [7, 11) is 0. The Hall–Kier alpha value is -3.66. The number of hydrogen-bond donors (Lipinski definition) is 1. The van der Waals surface area contributed by atoms with Gasteiger partial charge in [-0.2, -0.15) is 18.3 Å². The van der Waals surface area contributed by atoms with Crippen LogP contribution in [0.5, 0.6) is 0 Å². The second-order valence-electron chi connectivity index (χ2n) is 8.21. The molecule has 5 rings (SSSR count). The maximum atomic E-state index is 14.8. The molecule has 0 atom stereocenters. The lowest BCUT2D eigenvalue weighted by atomic mass is 9.93. The van der Waals surface area contributed by atoms with Gasteiger partial charge >= 0.3 is 6.18 Å². The molecule has 1 amide bonds. The number of nitrogens with two attached hydrogens (primary N) is 1. The molecule has 0 saturated carbocycles. The SMILES string of the molecule is Cl.Nc1cc(C(=O)N2CC(c3nn(Cc4ccccc4C(F)(F)F)c4cccc(F)c34)C2)ccn1. The zero-order valence-electron chi connectivity index (χ0n) is 18.2. The number of halogens is 5. The van der Waals surface area contributed by atoms with Gasteiger partial charge in [-0.05, 0) is 35.9 Å². The van der Waals surface area contributed by atoms with Crippen LogP contribution in [0.2, 0.25) is 0 Å². The number of benzene rings is 2. The largest absolute Gasteiger partial charge is 0.416 e. The number of rotatable bonds is 4. The molecule has 1 saturated heterocycles. The second kappa shape index (κ2) is 9.18. The van der Waals surface area contributed by atoms with Crippen molar-refractivity contribution in [2.24, 2.45) is 0 Å². The van der Waals surface area contributed by atoms with Gasteiger partial charge in [0.25, 0.3) is 5.91 Å². The van der Waals surface area contributed by atoms with Crippen molar-refractivity contribution in [2.75, 3.05) is 18.8 Å². The average Bonchev–Trinajstić information content (AvgIpc) is 3.11. The molecule has 6 nitrogen and oxygen atoms in total. The van der Waals surface area contributed by atoms with Crippen LogP contribution in [-0.4, -0.2) is 38.7 Å². The highest BCUT2D eigenvalue weighted by atomic mass is 35.5. The number of aromatic nitrogens is 3. The van der Waals surface area contributed by atoms with Crippen LogP contribution in [0.1, 0.15) is 33.1 Å². The number of carbonyl (C=O) groups is 1. The minimum atomic E-state index is -4.52. The Morgan fingerprint density at radius 3 is 2.54 bits per heavy atom. The molecule has 1 fully saturated rings. The van der Waals surface area contributed by atoms with Crippen LogP contribution in [0.15, 0.2) is 60.8 Å². The zero-order chi connectivity index (χ0) is 24.0. The van der Waals surface area contributed by atoms with Gasteiger partial charge in [0.05, 0.1) is 28.7 Å². The minimum Gasteiger partial charge on any atom is -0.384 e. The van der Waals surface area contributed by atoms with E-state index < -0.39 is 17.6 Å². The van der Waals surface area contributed by atoms with Crippen molar-refractivity contribution in [3.05, 3.63) is 89.0 Å². The lowest BCUT2D eigenvalue weighted by Crippen LogP contribution is -2.48. The molecule has 3 heterocycles. The van der Waals surface area contributed by atoms with E-state index in [1.54, 1.807) is 17.0 Å². The van der Waals surface area contributed by atoms with Gasteiger partial charge in [0, 0.05) is 30.8 Å². The summed E-state index contributed by atoms with van der Waals surface area (Å²) in [5, 5.41) is 4.77. The van der Waals surface area contributed by atoms with Crippen molar-refractivity contribution in [1.29, 1.82) is 0 Å². The maximum absolute atomic E-state index is 14.8. The first-order chi connectivity index (χ1) is 16.2. The normalized spacial score (nSPS) is 14.0. The molecular formula is C24H20ClF4N5O. The summed E-state index contributed by atoms with van der Waals surface area (Å²) >= 11 is 0. The predicted molar refractivity (Wildman–Crippen MR) is 125 cm³/mol. The monoisotopic (exact) mass is 505 g/mol. The van der Waals surface area contributed by atoms with Crippen LogP contribution in [-0.2, 0) is 12.7 Å². The van der Waals surface area contributed by atoms with Gasteiger partial charge in [-0.1, -0.05) is 24.3 Å². The zero-order valence-corrected chi connectivity index (χ0v) is 19.0. The van der Waals surface area contributed by atoms with Gasteiger partial charge in [-0.25, -0.2) is 9.37 Å². The van der Waals surface area contributed by atoms with Crippen molar-refractivity contribution in [2.45, 2.75) is 18.6 Å². The third-order valence-corrected chi connectivity index (χ3v) is 5.98. The van der Waals surface area contributed by atoms with E-state index in [1.807, 2.05) is 0 Å². The van der Waals surface area contributed by atoms with Crippen LogP contribution in [0.25, 0.3) is 10.9 Å². The topological polar surface area (TPSA) is 77.0 Å². The molecule has 182 valence electrons. The summed E-state index contributed by atoms with van der Waals surface area (Å²) in [6, 6.07) is 12.7. The third-order valence-electron chi connectivity index (χ3n) is 5.98. The molecule has 2 aromatic heterocycles. The van der Waals surface area contributed by atoms with E-state index in [4.69, 9.17) is 5.73 Å². The molecule has 2 N–H and O–H groups in total. The molecule has 11 heteroatoms. The lowest BCUT2D eigenvalue weighted by Gasteiger charge is -2.38. The molecular weight excluding hydrogens is 486 g/mol. The van der Waals surface area contributed by atoms with E-state index in [-0.39, 0.29) is 47.5 Å². The van der Waals surface area contributed by atoms with E-state index in [1.165, 1.54) is 47.3 Å². The Morgan fingerprint density at radius 2 is 1.83 bits per heavy atom. The molecule has 1 aliphatic rings. The van der Waals surface area contributed by atoms with Crippen molar-refractivity contribution in [3.8, 4) is 0 Å². The fourth-order valence-electron chi connectivity index (χ4n) is 4.30. The van der Waals surface area contributed by atoms with E-state index >= 15 is 0 Å². The van der Waals surface area contributed by atoms with Gasteiger partial charge < -0.3 is 10.6 Å². The number of pyridine rings is 1. The molecule has 0 bridgehead atoms. The highest BCUT2D eigenvalue weighted by Gasteiger charge is 2.37. The summed E-state index contributed by atoms with van der Waals surface area (Å²) in [5.41, 5.74) is 6.16. The van der Waals surface area contributed by atoms with E-state index in [2.05, 4.69) is 10.1 Å². The number of fused-ring (bicyclic) bond motifs is 1. The number of nitrogen functional groups attached to an aromatic ring is 1. The van der Waals surface area contributed by atoms with Gasteiger partial charge in [0.2, 0.25) is 0 Å². The average molecular weight is 506 g/mol. The number of carbonyl (C=O) groups excluding carboxylic acids is 1. The van der Waals surface area contributed by atoms with Crippen molar-refractivity contribution < 1.29 is 22.4 Å². The fourth-order valence-corrected chi connectivity index (χ4v) is 4.30. The predicted octanol–water partition coefficient (Wildman–Crippen LogP) is 4.88. The number of hydrogen-bond acceptors (Lipinski definition) is 4. The number of anilines is 1. The second-order valence-corrected chi connectivity index (χ2v) is 8.21. The summed E-state index contributed by atoms with van der Waals surface area (Å²) in [5.74, 6) is -0.751. The number of nitrogens with zero attached hydrogens (tertiary/aromatic N) is 4. The standard InChI is InChI=1S/C24H19F4N5O.ClH/c25-18-6-3-7-19-21(18)22(16-11-32(12-16)23(34)14-8-9-30-20(29)10-14)31-33(19)13-15-4-1-2-5-17(15)24(26,27)28;/h1-10,16H,11-13H2,(H2,29,30);1H. The number of alkyl halides is 3. The first-order valence-electron chi connectivity index (χ1n) is 10.5. The molecule has 1 aliphatic heterocycles. The lowest BCUT2D eigenvalue weighted by molar-refractivity contribution is -0.138. The summed E-state index contributed by atoms with van der Waals surface area (Å²) in [6.07, 6.45) is -3.07. The van der Waals surface area contributed by atoms with Crippen LogP contribution in [0.3, 0.4) is 0 Å². The van der Waals surface area contributed by atoms with E-state index in [0.717, 1.165) is 6.07 Å².